The van der Waals surface area contributed by atoms with Crippen LogP contribution in [0.15, 0.2) is 12.2 Å². The quantitative estimate of drug-likeness (QED) is 0.387. The van der Waals surface area contributed by atoms with Crippen LogP contribution >= 0.6 is 0 Å². The van der Waals surface area contributed by atoms with Crippen molar-refractivity contribution in [2.45, 2.75) is 126 Å². The lowest BCUT2D eigenvalue weighted by Gasteiger charge is -2.72. The molecule has 9 atom stereocenters. The Balaban J connectivity index is 1.55. The third-order valence-electron chi connectivity index (χ3n) is 13.7. The average Bonchev–Trinajstić information content (AvgIpc) is 3.08. The van der Waals surface area contributed by atoms with Crippen molar-refractivity contribution in [1.82, 2.24) is 0 Å². The molecule has 0 saturated heterocycles. The van der Waals surface area contributed by atoms with E-state index in [1.165, 1.54) is 82.6 Å². The first-order valence-electron chi connectivity index (χ1n) is 14.1. The van der Waals surface area contributed by atoms with Gasteiger partial charge >= 0.3 is 0 Å². The van der Waals surface area contributed by atoms with Gasteiger partial charge in [0.2, 0.25) is 0 Å². The summed E-state index contributed by atoms with van der Waals surface area (Å²) in [5, 5.41) is 0. The summed E-state index contributed by atoms with van der Waals surface area (Å²) in [6.45, 7) is 23.0. The van der Waals surface area contributed by atoms with Crippen molar-refractivity contribution in [3.63, 3.8) is 0 Å². The maximum absolute atomic E-state index is 4.53. The second kappa shape index (κ2) is 6.88. The van der Waals surface area contributed by atoms with E-state index in [4.69, 9.17) is 0 Å². The van der Waals surface area contributed by atoms with Gasteiger partial charge in [0.1, 0.15) is 0 Å². The number of hydrogen-bond donors (Lipinski definition) is 0. The molecule has 5 saturated carbocycles. The Morgan fingerprint density at radius 1 is 0.774 bits per heavy atom. The van der Waals surface area contributed by atoms with E-state index in [-0.39, 0.29) is 0 Å². The van der Waals surface area contributed by atoms with Gasteiger partial charge in [-0.25, -0.2) is 0 Å². The van der Waals surface area contributed by atoms with E-state index in [0.717, 1.165) is 29.6 Å². The number of allylic oxidation sites excluding steroid dienone is 1. The van der Waals surface area contributed by atoms with Crippen LogP contribution in [0.25, 0.3) is 0 Å². The van der Waals surface area contributed by atoms with Gasteiger partial charge in [-0.05, 0) is 128 Å². The van der Waals surface area contributed by atoms with E-state index >= 15 is 0 Å². The maximum Gasteiger partial charge on any atom is -0.0172 e. The van der Waals surface area contributed by atoms with Crippen molar-refractivity contribution >= 4 is 0 Å². The molecule has 176 valence electrons. The molecule has 0 N–H and O–H groups in total. The zero-order valence-electron chi connectivity index (χ0n) is 22.1. The summed E-state index contributed by atoms with van der Waals surface area (Å²) in [4.78, 5) is 0. The van der Waals surface area contributed by atoms with Gasteiger partial charge in [-0.1, -0.05) is 66.5 Å². The van der Waals surface area contributed by atoms with E-state index in [0.29, 0.717) is 27.1 Å². The molecule has 5 aliphatic rings. The number of hydrogen-bond acceptors (Lipinski definition) is 0. The molecule has 31 heavy (non-hydrogen) atoms. The van der Waals surface area contributed by atoms with Crippen molar-refractivity contribution in [1.29, 1.82) is 0 Å². The minimum atomic E-state index is 0.535. The molecule has 0 aliphatic heterocycles. The van der Waals surface area contributed by atoms with Gasteiger partial charge in [0.25, 0.3) is 0 Å². The Bertz CT molecular complexity index is 745. The Labute approximate surface area is 194 Å². The van der Waals surface area contributed by atoms with Crippen LogP contribution in [-0.4, -0.2) is 0 Å². The van der Waals surface area contributed by atoms with Gasteiger partial charge in [-0.15, -0.1) is 0 Å². The molecule has 0 heterocycles. The van der Waals surface area contributed by atoms with Gasteiger partial charge < -0.3 is 0 Å². The van der Waals surface area contributed by atoms with E-state index < -0.39 is 0 Å². The molecule has 0 heteroatoms. The fourth-order valence-corrected chi connectivity index (χ4v) is 12.0. The SMILES string of the molecule is C=C(C)C1CCC2(CC)CCC3(C)C(CCC4C5(C)CCCC(C)(C)C5CCC43C)C12. The normalized spacial score (nSPS) is 55.5. The average molecular weight is 425 g/mol. The third-order valence-corrected chi connectivity index (χ3v) is 13.7. The highest BCUT2D eigenvalue weighted by Crippen LogP contribution is 2.77. The Hall–Kier alpha value is -0.260. The lowest BCUT2D eigenvalue weighted by molar-refractivity contribution is -0.236. The van der Waals surface area contributed by atoms with Gasteiger partial charge in [0, 0.05) is 0 Å². The summed E-state index contributed by atoms with van der Waals surface area (Å²) < 4.78 is 0. The molecule has 5 fully saturated rings. The molecule has 0 nitrogen and oxygen atoms in total. The second-order valence-corrected chi connectivity index (χ2v) is 14.7. The molecule has 0 amide bonds. The van der Waals surface area contributed by atoms with E-state index in [2.05, 4.69) is 55.0 Å². The molecule has 0 radical (unpaired) electrons. The highest BCUT2D eigenvalue weighted by atomic mass is 14.7. The summed E-state index contributed by atoms with van der Waals surface area (Å²) in [5.41, 5.74) is 4.33. The summed E-state index contributed by atoms with van der Waals surface area (Å²) >= 11 is 0. The van der Waals surface area contributed by atoms with Gasteiger partial charge in [-0.2, -0.15) is 0 Å². The van der Waals surface area contributed by atoms with Crippen LogP contribution < -0.4 is 0 Å². The van der Waals surface area contributed by atoms with Crippen molar-refractivity contribution in [2.75, 3.05) is 0 Å². The highest BCUT2D eigenvalue weighted by Gasteiger charge is 2.69. The zero-order chi connectivity index (χ0) is 22.4. The minimum Gasteiger partial charge on any atom is -0.0998 e. The second-order valence-electron chi connectivity index (χ2n) is 14.7. The first-order valence-corrected chi connectivity index (χ1v) is 14.1. The maximum atomic E-state index is 4.53. The Morgan fingerprint density at radius 2 is 1.52 bits per heavy atom. The molecule has 5 rings (SSSR count). The first kappa shape index (κ1) is 22.5. The first-order chi connectivity index (χ1) is 14.5. The van der Waals surface area contributed by atoms with Gasteiger partial charge in [0.05, 0.1) is 0 Å². The van der Waals surface area contributed by atoms with Crippen LogP contribution in [-0.2, 0) is 0 Å². The van der Waals surface area contributed by atoms with E-state index in [1.54, 1.807) is 0 Å². The lowest BCUT2D eigenvalue weighted by atomic mass is 9.32. The summed E-state index contributed by atoms with van der Waals surface area (Å²) in [7, 11) is 0. The molecule has 5 aliphatic carbocycles. The van der Waals surface area contributed by atoms with Gasteiger partial charge in [-0.3, -0.25) is 0 Å². The fourth-order valence-electron chi connectivity index (χ4n) is 12.0. The lowest BCUT2D eigenvalue weighted by Crippen LogP contribution is -2.65. The number of rotatable bonds is 2. The summed E-state index contributed by atoms with van der Waals surface area (Å²) in [6.07, 6.45) is 17.7. The Kier molecular flexibility index (Phi) is 5.00. The monoisotopic (exact) mass is 424 g/mol. The molecular weight excluding hydrogens is 372 g/mol. The van der Waals surface area contributed by atoms with E-state index in [9.17, 15) is 0 Å². The smallest absolute Gasteiger partial charge is 0.0172 e. The zero-order valence-corrected chi connectivity index (χ0v) is 22.1. The predicted octanol–water partition coefficient (Wildman–Crippen LogP) is 9.44. The van der Waals surface area contributed by atoms with Gasteiger partial charge in [0.15, 0.2) is 0 Å². The van der Waals surface area contributed by atoms with Crippen LogP contribution in [0.4, 0.5) is 0 Å². The standard InChI is InChI=1S/C31H52/c1-9-31-18-13-22(21(2)3)26(31)23-11-12-25-28(6)16-10-15-27(4,5)24(28)14-17-30(25,8)29(23,7)19-20-31/h22-26H,2,9-20H2,1,3-8H3. The van der Waals surface area contributed by atoms with Crippen LogP contribution in [0.3, 0.4) is 0 Å². The molecule has 0 bridgehead atoms. The molecular formula is C31H52. The number of fused-ring (bicyclic) bond motifs is 7. The van der Waals surface area contributed by atoms with Crippen molar-refractivity contribution < 1.29 is 0 Å². The van der Waals surface area contributed by atoms with Crippen LogP contribution in [0.5, 0.6) is 0 Å². The van der Waals surface area contributed by atoms with Crippen LogP contribution in [0.2, 0.25) is 0 Å². The minimum absolute atomic E-state index is 0.535. The molecule has 0 aromatic heterocycles. The topological polar surface area (TPSA) is 0 Å². The van der Waals surface area contributed by atoms with Crippen molar-refractivity contribution in [3.8, 4) is 0 Å². The molecule has 9 unspecified atom stereocenters. The summed E-state index contributed by atoms with van der Waals surface area (Å²) in [6, 6.07) is 0. The van der Waals surface area contributed by atoms with Crippen LogP contribution in [0, 0.1) is 56.7 Å². The molecule has 0 spiro atoms. The third kappa shape index (κ3) is 2.72. The summed E-state index contributed by atoms with van der Waals surface area (Å²) in [5.74, 6) is 4.53. The molecule has 0 aromatic rings. The largest absolute Gasteiger partial charge is 0.0998 e. The highest BCUT2D eigenvalue weighted by molar-refractivity contribution is 5.21. The Morgan fingerprint density at radius 3 is 2.19 bits per heavy atom. The van der Waals surface area contributed by atoms with Crippen LogP contribution in [0.1, 0.15) is 126 Å². The predicted molar refractivity (Wildman–Crippen MR) is 134 cm³/mol. The van der Waals surface area contributed by atoms with E-state index in [1.807, 2.05) is 0 Å². The molecule has 0 aromatic carbocycles. The fraction of sp³-hybridized carbons (Fsp3) is 0.935. The van der Waals surface area contributed by atoms with Crippen molar-refractivity contribution in [2.24, 2.45) is 56.7 Å². The van der Waals surface area contributed by atoms with Crippen molar-refractivity contribution in [3.05, 3.63) is 12.2 Å².